The molecule has 5 heteroatoms. The maximum atomic E-state index is 10.2. The van der Waals surface area contributed by atoms with Crippen molar-refractivity contribution in [2.45, 2.75) is 0 Å². The summed E-state index contributed by atoms with van der Waals surface area (Å²) >= 11 is 0. The summed E-state index contributed by atoms with van der Waals surface area (Å²) in [6.07, 6.45) is 2.53. The number of aromatic nitrogens is 2. The predicted molar refractivity (Wildman–Crippen MR) is 25.7 cm³/mol. The summed E-state index contributed by atoms with van der Waals surface area (Å²) in [5, 5.41) is 8.46. The van der Waals surface area contributed by atoms with E-state index in [1.807, 2.05) is 0 Å². The van der Waals surface area contributed by atoms with Crippen LogP contribution in [-0.4, -0.2) is 14.9 Å². The molecule has 0 bridgehead atoms. The van der Waals surface area contributed by atoms with Crippen LogP contribution in [0.2, 0.25) is 0 Å². The first-order valence-corrected chi connectivity index (χ1v) is 2.03. The van der Waals surface area contributed by atoms with Gasteiger partial charge in [-0.1, -0.05) is 0 Å². The summed E-state index contributed by atoms with van der Waals surface area (Å²) < 4.78 is 0.417. The van der Waals surface area contributed by atoms with Crippen molar-refractivity contribution in [1.82, 2.24) is 9.71 Å². The first-order valence-electron chi connectivity index (χ1n) is 2.03. The maximum absolute atomic E-state index is 10.2. The van der Waals surface area contributed by atoms with Gasteiger partial charge in [0.05, 0.1) is 6.20 Å². The van der Waals surface area contributed by atoms with Crippen molar-refractivity contribution in [2.75, 3.05) is 0 Å². The fourth-order valence-corrected chi connectivity index (χ4v) is 0.350. The molecule has 0 saturated carbocycles. The quantitative estimate of drug-likeness (QED) is 0.418. The summed E-state index contributed by atoms with van der Waals surface area (Å²) in [6, 6.07) is 1.46. The van der Waals surface area contributed by atoms with Gasteiger partial charge in [-0.3, -0.25) is 0 Å². The molecule has 0 radical (unpaired) electrons. The Morgan fingerprint density at radius 1 is 1.67 bits per heavy atom. The molecule has 0 amide bonds. The van der Waals surface area contributed by atoms with Crippen LogP contribution in [0.5, 0.6) is 0 Å². The van der Waals surface area contributed by atoms with Gasteiger partial charge in [0, 0.05) is 23.3 Å². The fraction of sp³-hybridized carbons (Fsp3) is 0. The molecule has 1 heterocycles. The first-order chi connectivity index (χ1) is 3.80. The minimum absolute atomic E-state index is 0. The minimum Gasteiger partial charge on any atom is -0.424 e. The Kier molecular flexibility index (Phi) is 2.98. The second-order valence-electron chi connectivity index (χ2n) is 1.25. The topological polar surface area (TPSA) is 55.1 Å². The van der Waals surface area contributed by atoms with Gasteiger partial charge >= 0.3 is 5.69 Å². The van der Waals surface area contributed by atoms with Crippen LogP contribution in [0.15, 0.2) is 23.3 Å². The zero-order chi connectivity index (χ0) is 5.98. The van der Waals surface area contributed by atoms with Crippen LogP contribution in [0.25, 0.3) is 0 Å². The molecule has 4 nitrogen and oxygen atoms in total. The molecule has 0 spiro atoms. The van der Waals surface area contributed by atoms with E-state index in [4.69, 9.17) is 5.21 Å². The van der Waals surface area contributed by atoms with Gasteiger partial charge in [0.1, 0.15) is 0 Å². The van der Waals surface area contributed by atoms with Gasteiger partial charge in [-0.15, -0.1) is 4.73 Å². The SMILES string of the molecule is O=c1ncccn1O.[Fe]. The molecular formula is C4H4FeN2O2. The Morgan fingerprint density at radius 3 is 2.67 bits per heavy atom. The fourth-order valence-electron chi connectivity index (χ4n) is 0.350. The normalized spacial score (nSPS) is 8.00. The average molecular weight is 168 g/mol. The molecule has 0 aliphatic rings. The molecule has 1 rings (SSSR count). The molecule has 1 aromatic heterocycles. The number of nitrogens with zero attached hydrogens (tertiary/aromatic N) is 2. The molecule has 0 aliphatic heterocycles. The van der Waals surface area contributed by atoms with Crippen molar-refractivity contribution >= 4 is 0 Å². The number of hydrogen-bond donors (Lipinski definition) is 1. The summed E-state index contributed by atoms with van der Waals surface area (Å²) in [4.78, 5) is 13.5. The second-order valence-corrected chi connectivity index (χ2v) is 1.25. The molecule has 0 aliphatic carbocycles. The third-order valence-corrected chi connectivity index (χ3v) is 0.694. The van der Waals surface area contributed by atoms with Crippen molar-refractivity contribution in [3.63, 3.8) is 0 Å². The Hall–Kier alpha value is -0.801. The number of rotatable bonds is 0. The van der Waals surface area contributed by atoms with E-state index >= 15 is 0 Å². The van der Waals surface area contributed by atoms with E-state index in [1.54, 1.807) is 0 Å². The van der Waals surface area contributed by atoms with Gasteiger partial charge in [-0.2, -0.15) is 4.98 Å². The molecule has 0 atom stereocenters. The van der Waals surface area contributed by atoms with Crippen LogP contribution >= 0.6 is 0 Å². The van der Waals surface area contributed by atoms with Gasteiger partial charge in [0.15, 0.2) is 0 Å². The van der Waals surface area contributed by atoms with Crippen LogP contribution in [0.4, 0.5) is 0 Å². The molecule has 0 aromatic carbocycles. The Balaban J connectivity index is 0.000000640. The van der Waals surface area contributed by atoms with E-state index in [0.29, 0.717) is 4.73 Å². The largest absolute Gasteiger partial charge is 0.424 e. The van der Waals surface area contributed by atoms with Crippen LogP contribution < -0.4 is 5.69 Å². The summed E-state index contributed by atoms with van der Waals surface area (Å²) in [5.41, 5.74) is -0.660. The molecule has 1 aromatic rings. The van der Waals surface area contributed by atoms with Crippen LogP contribution in [0, 0.1) is 0 Å². The van der Waals surface area contributed by atoms with Crippen molar-refractivity contribution in [2.24, 2.45) is 0 Å². The predicted octanol–water partition coefficient (Wildman–Crippen LogP) is -0.522. The van der Waals surface area contributed by atoms with Crippen molar-refractivity contribution in [1.29, 1.82) is 0 Å². The average Bonchev–Trinajstić information content (AvgIpc) is 1.77. The van der Waals surface area contributed by atoms with Gasteiger partial charge in [-0.05, 0) is 6.07 Å². The van der Waals surface area contributed by atoms with Crippen LogP contribution in [0.3, 0.4) is 0 Å². The smallest absolute Gasteiger partial charge is 0.380 e. The van der Waals surface area contributed by atoms with Gasteiger partial charge in [0.25, 0.3) is 0 Å². The summed E-state index contributed by atoms with van der Waals surface area (Å²) in [5.74, 6) is 0. The Labute approximate surface area is 61.6 Å². The van der Waals surface area contributed by atoms with Crippen molar-refractivity contribution in [3.8, 4) is 0 Å². The van der Waals surface area contributed by atoms with E-state index < -0.39 is 5.69 Å². The van der Waals surface area contributed by atoms with Crippen molar-refractivity contribution in [3.05, 3.63) is 28.9 Å². The van der Waals surface area contributed by atoms with E-state index in [1.165, 1.54) is 18.5 Å². The van der Waals surface area contributed by atoms with E-state index in [2.05, 4.69) is 4.98 Å². The third-order valence-electron chi connectivity index (χ3n) is 0.694. The summed E-state index contributed by atoms with van der Waals surface area (Å²) in [7, 11) is 0. The second kappa shape index (κ2) is 3.27. The Morgan fingerprint density at radius 2 is 2.33 bits per heavy atom. The number of hydrogen-bond acceptors (Lipinski definition) is 3. The van der Waals surface area contributed by atoms with Gasteiger partial charge in [0.2, 0.25) is 0 Å². The monoisotopic (exact) mass is 168 g/mol. The van der Waals surface area contributed by atoms with Crippen molar-refractivity contribution < 1.29 is 22.3 Å². The third kappa shape index (κ3) is 1.87. The zero-order valence-electron chi connectivity index (χ0n) is 4.34. The molecule has 50 valence electrons. The van der Waals surface area contributed by atoms with Gasteiger partial charge < -0.3 is 5.21 Å². The zero-order valence-corrected chi connectivity index (χ0v) is 5.44. The molecule has 1 N–H and O–H groups in total. The molecule has 0 fully saturated rings. The molecule has 9 heavy (non-hydrogen) atoms. The van der Waals surface area contributed by atoms with E-state index in [-0.39, 0.29) is 17.1 Å². The Bertz CT molecular complexity index is 234. The van der Waals surface area contributed by atoms with Crippen LogP contribution in [0.1, 0.15) is 0 Å². The summed E-state index contributed by atoms with van der Waals surface area (Å²) in [6.45, 7) is 0. The maximum Gasteiger partial charge on any atom is 0.380 e. The molecular weight excluding hydrogens is 164 g/mol. The van der Waals surface area contributed by atoms with Crippen LogP contribution in [-0.2, 0) is 17.1 Å². The van der Waals surface area contributed by atoms with E-state index in [9.17, 15) is 4.79 Å². The molecule has 0 saturated heterocycles. The standard InChI is InChI=1S/C4H4N2O2.Fe/c7-4-5-2-1-3-6(4)8;/h1-3,8H;. The molecule has 0 unspecified atom stereocenters. The minimum atomic E-state index is -0.660. The first kappa shape index (κ1) is 8.20. The van der Waals surface area contributed by atoms with Gasteiger partial charge in [-0.25, -0.2) is 4.79 Å². The van der Waals surface area contributed by atoms with E-state index in [0.717, 1.165) is 0 Å².